The number of aromatic amines is 1. The highest BCUT2D eigenvalue weighted by Gasteiger charge is 2.05. The fourth-order valence-electron chi connectivity index (χ4n) is 1.23. The molecule has 2 aromatic heterocycles. The van der Waals surface area contributed by atoms with E-state index in [0.29, 0.717) is 16.1 Å². The molecule has 0 amide bonds. The first-order valence-electron chi connectivity index (χ1n) is 4.72. The summed E-state index contributed by atoms with van der Waals surface area (Å²) < 4.78 is 0.549. The first kappa shape index (κ1) is 11.2. The molecule has 0 aliphatic heterocycles. The average Bonchev–Trinajstić information content (AvgIpc) is 2.33. The second-order valence-corrected chi connectivity index (χ2v) is 3.60. The highest BCUT2D eigenvalue weighted by Crippen LogP contribution is 2.16. The zero-order chi connectivity index (χ0) is 12.3. The standard InChI is InChI=1S/C10H8N4O2S/c15-14(16)7-3-4-9(12-6-7)13-8-2-1-5-11-10(8)17/h1-6H,(H,11,17)(H,12,13). The molecular weight excluding hydrogens is 240 g/mol. The molecule has 17 heavy (non-hydrogen) atoms. The van der Waals surface area contributed by atoms with Gasteiger partial charge in [-0.25, -0.2) is 4.98 Å². The molecule has 2 aromatic rings. The van der Waals surface area contributed by atoms with E-state index in [2.05, 4.69) is 15.3 Å². The SMILES string of the molecule is O=[N+]([O-])c1ccc(Nc2ccc[nH]c2=S)nc1. The van der Waals surface area contributed by atoms with Crippen molar-refractivity contribution < 1.29 is 4.92 Å². The van der Waals surface area contributed by atoms with Crippen LogP contribution in [0.3, 0.4) is 0 Å². The van der Waals surface area contributed by atoms with Crippen LogP contribution in [0, 0.1) is 14.8 Å². The Hall–Kier alpha value is -2.28. The van der Waals surface area contributed by atoms with Gasteiger partial charge in [-0.1, -0.05) is 12.2 Å². The van der Waals surface area contributed by atoms with Gasteiger partial charge < -0.3 is 10.3 Å². The summed E-state index contributed by atoms with van der Waals surface area (Å²) >= 11 is 5.06. The number of pyridine rings is 2. The molecule has 0 aliphatic rings. The molecule has 0 bridgehead atoms. The Morgan fingerprint density at radius 1 is 1.41 bits per heavy atom. The lowest BCUT2D eigenvalue weighted by molar-refractivity contribution is -0.385. The maximum atomic E-state index is 10.4. The molecule has 2 N–H and O–H groups in total. The second kappa shape index (κ2) is 4.71. The topological polar surface area (TPSA) is 83.9 Å². The van der Waals surface area contributed by atoms with E-state index in [1.54, 1.807) is 18.3 Å². The highest BCUT2D eigenvalue weighted by atomic mass is 32.1. The number of nitro groups is 1. The van der Waals surface area contributed by atoms with Gasteiger partial charge in [0.2, 0.25) is 0 Å². The Morgan fingerprint density at radius 2 is 2.24 bits per heavy atom. The van der Waals surface area contributed by atoms with E-state index in [0.717, 1.165) is 0 Å². The lowest BCUT2D eigenvalue weighted by Gasteiger charge is -2.04. The number of H-pyrrole nitrogens is 1. The maximum absolute atomic E-state index is 10.4. The maximum Gasteiger partial charge on any atom is 0.287 e. The molecule has 2 heterocycles. The first-order valence-corrected chi connectivity index (χ1v) is 5.13. The zero-order valence-corrected chi connectivity index (χ0v) is 9.40. The van der Waals surface area contributed by atoms with Gasteiger partial charge in [0.15, 0.2) is 0 Å². The van der Waals surface area contributed by atoms with Crippen LogP contribution in [0.15, 0.2) is 36.7 Å². The number of hydrogen-bond donors (Lipinski definition) is 2. The molecule has 0 aliphatic carbocycles. The summed E-state index contributed by atoms with van der Waals surface area (Å²) in [5.41, 5.74) is 0.651. The van der Waals surface area contributed by atoms with Gasteiger partial charge in [0.25, 0.3) is 5.69 Å². The third-order valence-electron chi connectivity index (χ3n) is 2.04. The number of hydrogen-bond acceptors (Lipinski definition) is 5. The van der Waals surface area contributed by atoms with Gasteiger partial charge in [-0.3, -0.25) is 10.1 Å². The fraction of sp³-hybridized carbons (Fsp3) is 0. The predicted octanol–water partition coefficient (Wildman–Crippen LogP) is 2.79. The summed E-state index contributed by atoms with van der Waals surface area (Å²) in [5.74, 6) is 0.501. The minimum absolute atomic E-state index is 0.0474. The van der Waals surface area contributed by atoms with Crippen molar-refractivity contribution in [2.45, 2.75) is 0 Å². The lowest BCUT2D eigenvalue weighted by Crippen LogP contribution is -1.96. The zero-order valence-electron chi connectivity index (χ0n) is 8.58. The van der Waals surface area contributed by atoms with Crippen molar-refractivity contribution in [2.24, 2.45) is 0 Å². The van der Waals surface area contributed by atoms with E-state index >= 15 is 0 Å². The van der Waals surface area contributed by atoms with E-state index < -0.39 is 4.92 Å². The Kier molecular flexibility index (Phi) is 3.10. The van der Waals surface area contributed by atoms with Crippen molar-refractivity contribution in [1.29, 1.82) is 0 Å². The molecule has 7 heteroatoms. The average molecular weight is 248 g/mol. The number of aromatic nitrogens is 2. The van der Waals surface area contributed by atoms with Crippen molar-refractivity contribution in [1.82, 2.24) is 9.97 Å². The quantitative estimate of drug-likeness (QED) is 0.495. The molecule has 0 saturated carbocycles. The molecule has 0 unspecified atom stereocenters. The summed E-state index contributed by atoms with van der Waals surface area (Å²) in [6, 6.07) is 6.50. The monoisotopic (exact) mass is 248 g/mol. The third-order valence-corrected chi connectivity index (χ3v) is 2.38. The number of rotatable bonds is 3. The summed E-state index contributed by atoms with van der Waals surface area (Å²) in [6.45, 7) is 0. The lowest BCUT2D eigenvalue weighted by atomic mass is 10.4. The van der Waals surface area contributed by atoms with Crippen LogP contribution >= 0.6 is 12.2 Å². The summed E-state index contributed by atoms with van der Waals surface area (Å²) in [6.07, 6.45) is 2.91. The molecule has 0 atom stereocenters. The van der Waals surface area contributed by atoms with E-state index in [4.69, 9.17) is 12.2 Å². The Labute approximate surface area is 101 Å². The number of nitrogens with one attached hydrogen (secondary N) is 2. The van der Waals surface area contributed by atoms with Gasteiger partial charge in [-0.2, -0.15) is 0 Å². The fourth-order valence-corrected chi connectivity index (χ4v) is 1.41. The number of nitrogens with zero attached hydrogens (tertiary/aromatic N) is 2. The van der Waals surface area contributed by atoms with Crippen LogP contribution in [0.4, 0.5) is 17.2 Å². The second-order valence-electron chi connectivity index (χ2n) is 3.20. The Morgan fingerprint density at radius 3 is 2.82 bits per heavy atom. The van der Waals surface area contributed by atoms with Crippen molar-refractivity contribution >= 4 is 29.4 Å². The van der Waals surface area contributed by atoms with E-state index in [-0.39, 0.29) is 5.69 Å². The minimum atomic E-state index is -0.494. The van der Waals surface area contributed by atoms with Gasteiger partial charge in [-0.15, -0.1) is 0 Å². The van der Waals surface area contributed by atoms with E-state index in [1.165, 1.54) is 18.3 Å². The summed E-state index contributed by atoms with van der Waals surface area (Å²) in [4.78, 5) is 16.7. The molecular formula is C10H8N4O2S. The minimum Gasteiger partial charge on any atom is -0.351 e. The van der Waals surface area contributed by atoms with Gasteiger partial charge in [0, 0.05) is 12.3 Å². The molecule has 0 saturated heterocycles. The molecule has 6 nitrogen and oxygen atoms in total. The van der Waals surface area contributed by atoms with Crippen molar-refractivity contribution in [3.05, 3.63) is 51.4 Å². The largest absolute Gasteiger partial charge is 0.351 e. The summed E-state index contributed by atoms with van der Waals surface area (Å²) in [7, 11) is 0. The number of anilines is 2. The highest BCUT2D eigenvalue weighted by molar-refractivity contribution is 7.71. The van der Waals surface area contributed by atoms with Crippen LogP contribution in [0.1, 0.15) is 0 Å². The van der Waals surface area contributed by atoms with Crippen molar-refractivity contribution in [3.8, 4) is 0 Å². The Balaban J connectivity index is 2.23. The molecule has 0 aromatic carbocycles. The third kappa shape index (κ3) is 2.64. The van der Waals surface area contributed by atoms with Gasteiger partial charge >= 0.3 is 0 Å². The van der Waals surface area contributed by atoms with Crippen LogP contribution in [0.25, 0.3) is 0 Å². The van der Waals surface area contributed by atoms with Crippen LogP contribution in [0.2, 0.25) is 0 Å². The van der Waals surface area contributed by atoms with E-state index in [1.807, 2.05) is 0 Å². The molecule has 0 radical (unpaired) electrons. The predicted molar refractivity (Wildman–Crippen MR) is 65.8 cm³/mol. The normalized spacial score (nSPS) is 9.88. The van der Waals surface area contributed by atoms with Gasteiger partial charge in [0.05, 0.1) is 10.6 Å². The summed E-state index contributed by atoms with van der Waals surface area (Å²) in [5, 5.41) is 13.4. The first-order chi connectivity index (χ1) is 8.16. The van der Waals surface area contributed by atoms with Crippen LogP contribution in [0.5, 0.6) is 0 Å². The van der Waals surface area contributed by atoms with Crippen molar-refractivity contribution in [3.63, 3.8) is 0 Å². The van der Waals surface area contributed by atoms with Gasteiger partial charge in [-0.05, 0) is 18.2 Å². The molecule has 2 rings (SSSR count). The Bertz CT molecular complexity index is 594. The van der Waals surface area contributed by atoms with Gasteiger partial charge in [0.1, 0.15) is 16.7 Å². The molecule has 0 spiro atoms. The molecule has 0 fully saturated rings. The smallest absolute Gasteiger partial charge is 0.287 e. The van der Waals surface area contributed by atoms with E-state index in [9.17, 15) is 10.1 Å². The molecule has 86 valence electrons. The van der Waals surface area contributed by atoms with Crippen LogP contribution in [-0.4, -0.2) is 14.9 Å². The van der Waals surface area contributed by atoms with Crippen LogP contribution < -0.4 is 5.32 Å². The van der Waals surface area contributed by atoms with Crippen molar-refractivity contribution in [2.75, 3.05) is 5.32 Å². The van der Waals surface area contributed by atoms with Crippen LogP contribution in [-0.2, 0) is 0 Å².